The van der Waals surface area contributed by atoms with Crippen LogP contribution in [-0.4, -0.2) is 29.0 Å². The third-order valence-corrected chi connectivity index (χ3v) is 5.27. The van der Waals surface area contributed by atoms with Gasteiger partial charge < -0.3 is 16.8 Å². The lowest BCUT2D eigenvalue weighted by molar-refractivity contribution is 0.100. The molecule has 0 aliphatic carbocycles. The van der Waals surface area contributed by atoms with Crippen LogP contribution in [0.15, 0.2) is 67.0 Å². The Morgan fingerprint density at radius 2 is 1.83 bits per heavy atom. The molecule has 146 valence electrons. The predicted octanol–water partition coefficient (Wildman–Crippen LogP) is 3.23. The number of aromatic nitrogens is 2. The number of carbonyl (C=O) groups is 1. The molecular formula is C23H23N5O. The number of nitrogens with two attached hydrogens (primary N) is 2. The maximum atomic E-state index is 11.0. The minimum absolute atomic E-state index is 0.345. The van der Waals surface area contributed by atoms with Crippen molar-refractivity contribution in [2.45, 2.75) is 12.3 Å². The van der Waals surface area contributed by atoms with Gasteiger partial charge in [0.1, 0.15) is 12.1 Å². The van der Waals surface area contributed by atoms with Crippen molar-refractivity contribution in [1.82, 2.24) is 15.3 Å². The van der Waals surface area contributed by atoms with Gasteiger partial charge in [-0.25, -0.2) is 9.97 Å². The first-order valence-corrected chi connectivity index (χ1v) is 9.62. The summed E-state index contributed by atoms with van der Waals surface area (Å²) in [5.74, 6) is 0.543. The van der Waals surface area contributed by atoms with Crippen LogP contribution in [0.3, 0.4) is 0 Å². The van der Waals surface area contributed by atoms with E-state index in [4.69, 9.17) is 11.5 Å². The third kappa shape index (κ3) is 4.02. The average molecular weight is 385 g/mol. The number of primary amides is 1. The smallest absolute Gasteiger partial charge is 0.250 e. The molecule has 6 heteroatoms. The van der Waals surface area contributed by atoms with Crippen LogP contribution in [0.4, 0.5) is 5.82 Å². The fraction of sp³-hybridized carbons (Fsp3) is 0.174. The van der Waals surface area contributed by atoms with E-state index in [2.05, 4.69) is 57.7 Å². The molecule has 0 saturated carbocycles. The highest BCUT2D eigenvalue weighted by atomic mass is 16.1. The Morgan fingerprint density at radius 3 is 2.59 bits per heavy atom. The summed E-state index contributed by atoms with van der Waals surface area (Å²) >= 11 is 0. The summed E-state index contributed by atoms with van der Waals surface area (Å²) in [5, 5.41) is 6.76. The van der Waals surface area contributed by atoms with Crippen LogP contribution < -0.4 is 16.8 Å². The molecule has 1 atom stereocenters. The predicted molar refractivity (Wildman–Crippen MR) is 117 cm³/mol. The molecule has 0 spiro atoms. The Labute approximate surface area is 169 Å². The van der Waals surface area contributed by atoms with Crippen LogP contribution in [0.5, 0.6) is 0 Å². The first-order chi connectivity index (χ1) is 14.1. The topological polar surface area (TPSA) is 107 Å². The average Bonchev–Trinajstić information content (AvgIpc) is 3.29. The third-order valence-electron chi connectivity index (χ3n) is 5.27. The maximum absolute atomic E-state index is 11.0. The lowest BCUT2D eigenvalue weighted by atomic mass is 9.96. The van der Waals surface area contributed by atoms with E-state index in [1.807, 2.05) is 0 Å². The lowest BCUT2D eigenvalue weighted by Crippen LogP contribution is -2.12. The van der Waals surface area contributed by atoms with Crippen molar-refractivity contribution < 1.29 is 4.79 Å². The fourth-order valence-electron chi connectivity index (χ4n) is 3.71. The molecule has 1 aliphatic rings. The zero-order valence-electron chi connectivity index (χ0n) is 16.0. The molecule has 1 aromatic heterocycles. The van der Waals surface area contributed by atoms with Crippen molar-refractivity contribution in [3.8, 4) is 0 Å². The highest BCUT2D eigenvalue weighted by Crippen LogP contribution is 2.25. The number of rotatable bonds is 2. The minimum Gasteiger partial charge on any atom is -0.383 e. The molecule has 1 amide bonds. The number of benzene rings is 3. The molecule has 4 aromatic rings. The Hall–Kier alpha value is -3.51. The second kappa shape index (κ2) is 8.24. The summed E-state index contributed by atoms with van der Waals surface area (Å²) in [6.07, 6.45) is 2.59. The van der Waals surface area contributed by atoms with Gasteiger partial charge in [-0.05, 0) is 47.4 Å². The van der Waals surface area contributed by atoms with Gasteiger partial charge in [0.2, 0.25) is 0 Å². The van der Waals surface area contributed by atoms with Gasteiger partial charge in [0, 0.05) is 11.9 Å². The molecule has 5 N–H and O–H groups in total. The Morgan fingerprint density at radius 1 is 1.00 bits per heavy atom. The molecule has 1 unspecified atom stereocenters. The fourth-order valence-corrected chi connectivity index (χ4v) is 3.71. The molecule has 5 rings (SSSR count). The van der Waals surface area contributed by atoms with Crippen LogP contribution in [-0.2, 0) is 0 Å². The maximum Gasteiger partial charge on any atom is 0.250 e. The van der Waals surface area contributed by atoms with Gasteiger partial charge in [0.25, 0.3) is 5.91 Å². The standard InChI is InChI=1S/C14H15N.C9H8N4O/c1-2-4-12-9-13(6-5-11(12)3-1)14-7-8-15-10-14;10-8-5-2-1-3-6(9(11)14)7(5)12-4-13-8/h1-6,9,14-15H,7-8,10H2;1-4H,(H2,11,14)(H2,10,12,13). The monoisotopic (exact) mass is 385 g/mol. The summed E-state index contributed by atoms with van der Waals surface area (Å²) < 4.78 is 0. The summed E-state index contributed by atoms with van der Waals surface area (Å²) in [7, 11) is 0. The summed E-state index contributed by atoms with van der Waals surface area (Å²) in [5.41, 5.74) is 13.1. The largest absolute Gasteiger partial charge is 0.383 e. The number of carbonyl (C=O) groups excluding carboxylic acids is 1. The van der Waals surface area contributed by atoms with Crippen molar-refractivity contribution in [2.24, 2.45) is 5.73 Å². The Balaban J connectivity index is 0.000000142. The highest BCUT2D eigenvalue weighted by molar-refractivity contribution is 6.06. The van der Waals surface area contributed by atoms with Crippen LogP contribution in [0.2, 0.25) is 0 Å². The SMILES string of the molecule is NC(=O)c1cccc2c(N)ncnc12.c1ccc2cc(C3CCNC3)ccc2c1. The number of nitrogens with one attached hydrogen (secondary N) is 1. The number of hydrogen-bond donors (Lipinski definition) is 3. The van der Waals surface area contributed by atoms with Crippen LogP contribution in [0, 0.1) is 0 Å². The molecule has 2 heterocycles. The number of hydrogen-bond acceptors (Lipinski definition) is 5. The van der Waals surface area contributed by atoms with Gasteiger partial charge in [0.15, 0.2) is 0 Å². The van der Waals surface area contributed by atoms with Crippen molar-refractivity contribution in [2.75, 3.05) is 18.8 Å². The van der Waals surface area contributed by atoms with Gasteiger partial charge in [-0.2, -0.15) is 0 Å². The van der Waals surface area contributed by atoms with Crippen LogP contribution in [0.25, 0.3) is 21.7 Å². The van der Waals surface area contributed by atoms with Crippen molar-refractivity contribution in [3.05, 3.63) is 78.1 Å². The van der Waals surface area contributed by atoms with Crippen molar-refractivity contribution in [1.29, 1.82) is 0 Å². The van der Waals surface area contributed by atoms with Crippen LogP contribution >= 0.6 is 0 Å². The number of nitrogen functional groups attached to an aromatic ring is 1. The Bertz CT molecular complexity index is 1170. The number of para-hydroxylation sites is 1. The first kappa shape index (κ1) is 18.8. The molecule has 29 heavy (non-hydrogen) atoms. The second-order valence-electron chi connectivity index (χ2n) is 7.12. The Kier molecular flexibility index (Phi) is 5.35. The van der Waals surface area contributed by atoms with E-state index < -0.39 is 5.91 Å². The molecule has 1 fully saturated rings. The van der Waals surface area contributed by atoms with E-state index in [1.54, 1.807) is 18.2 Å². The summed E-state index contributed by atoms with van der Waals surface area (Å²) in [4.78, 5) is 18.8. The molecule has 0 radical (unpaired) electrons. The first-order valence-electron chi connectivity index (χ1n) is 9.62. The molecule has 6 nitrogen and oxygen atoms in total. The highest BCUT2D eigenvalue weighted by Gasteiger charge is 2.16. The quantitative estimate of drug-likeness (QED) is 0.491. The number of fused-ring (bicyclic) bond motifs is 2. The van der Waals surface area contributed by atoms with Gasteiger partial charge in [-0.3, -0.25) is 4.79 Å². The van der Waals surface area contributed by atoms with E-state index in [-0.39, 0.29) is 0 Å². The van der Waals surface area contributed by atoms with E-state index in [0.717, 1.165) is 19.0 Å². The number of amides is 1. The van der Waals surface area contributed by atoms with Gasteiger partial charge in [0.05, 0.1) is 11.1 Å². The molecule has 1 aliphatic heterocycles. The zero-order chi connectivity index (χ0) is 20.2. The van der Waals surface area contributed by atoms with E-state index in [1.165, 1.54) is 29.1 Å². The van der Waals surface area contributed by atoms with Gasteiger partial charge in [-0.1, -0.05) is 48.5 Å². The summed E-state index contributed by atoms with van der Waals surface area (Å²) in [6, 6.07) is 20.5. The molecule has 1 saturated heterocycles. The molecule has 0 bridgehead atoms. The normalized spacial score (nSPS) is 15.8. The van der Waals surface area contributed by atoms with E-state index >= 15 is 0 Å². The van der Waals surface area contributed by atoms with E-state index in [9.17, 15) is 4.79 Å². The molecular weight excluding hydrogens is 362 g/mol. The minimum atomic E-state index is -0.520. The number of anilines is 1. The van der Waals surface area contributed by atoms with Crippen molar-refractivity contribution >= 4 is 33.4 Å². The summed E-state index contributed by atoms with van der Waals surface area (Å²) in [6.45, 7) is 2.30. The zero-order valence-corrected chi connectivity index (χ0v) is 16.0. The van der Waals surface area contributed by atoms with E-state index in [0.29, 0.717) is 22.3 Å². The lowest BCUT2D eigenvalue weighted by Gasteiger charge is -2.09. The van der Waals surface area contributed by atoms with Gasteiger partial charge >= 0.3 is 0 Å². The second-order valence-corrected chi connectivity index (χ2v) is 7.12. The van der Waals surface area contributed by atoms with Gasteiger partial charge in [-0.15, -0.1) is 0 Å². The van der Waals surface area contributed by atoms with Crippen molar-refractivity contribution in [3.63, 3.8) is 0 Å². The number of nitrogens with zero attached hydrogens (tertiary/aromatic N) is 2. The van der Waals surface area contributed by atoms with Crippen LogP contribution in [0.1, 0.15) is 28.3 Å². The molecule has 3 aromatic carbocycles.